The number of aromatic nitrogens is 3. The van der Waals surface area contributed by atoms with Crippen LogP contribution in [0.25, 0.3) is 15.3 Å². The Morgan fingerprint density at radius 1 is 1.28 bits per heavy atom. The summed E-state index contributed by atoms with van der Waals surface area (Å²) >= 11 is 1.54. The Bertz CT molecular complexity index is 1310. The van der Waals surface area contributed by atoms with Crippen LogP contribution < -0.4 is 14.8 Å². The molecular weight excluding hydrogens is 424 g/mol. The van der Waals surface area contributed by atoms with Gasteiger partial charge in [0.05, 0.1) is 23.0 Å². The highest BCUT2D eigenvalue weighted by molar-refractivity contribution is 7.20. The van der Waals surface area contributed by atoms with E-state index in [9.17, 15) is 4.79 Å². The Hall–Kier alpha value is -3.65. The van der Waals surface area contributed by atoms with E-state index in [4.69, 9.17) is 19.6 Å². The molecule has 1 N–H and O–H groups in total. The number of para-hydroxylation sites is 2. The number of amides is 1. The second-order valence-corrected chi connectivity index (χ2v) is 8.52. The monoisotopic (exact) mass is 446 g/mol. The lowest BCUT2D eigenvalue weighted by atomic mass is 9.85. The number of rotatable bonds is 6. The molecule has 0 unspecified atom stereocenters. The first-order valence-corrected chi connectivity index (χ1v) is 11.1. The largest absolute Gasteiger partial charge is 0.493 e. The third-order valence-electron chi connectivity index (χ3n) is 5.52. The first-order valence-electron chi connectivity index (χ1n) is 10.3. The maximum Gasteiger partial charge on any atom is 0.226 e. The van der Waals surface area contributed by atoms with Crippen LogP contribution in [0.2, 0.25) is 0 Å². The van der Waals surface area contributed by atoms with E-state index in [1.807, 2.05) is 49.4 Å². The van der Waals surface area contributed by atoms with Gasteiger partial charge in [-0.3, -0.25) is 4.79 Å². The predicted octanol–water partition coefficient (Wildman–Crippen LogP) is 4.84. The van der Waals surface area contributed by atoms with Gasteiger partial charge < -0.3 is 14.8 Å². The van der Waals surface area contributed by atoms with Crippen LogP contribution in [0.1, 0.15) is 29.2 Å². The van der Waals surface area contributed by atoms with Gasteiger partial charge in [-0.25, -0.2) is 4.98 Å². The summed E-state index contributed by atoms with van der Waals surface area (Å²) in [6.07, 6.45) is 1.97. The van der Waals surface area contributed by atoms with Crippen LogP contribution in [0.5, 0.6) is 11.5 Å². The third-order valence-corrected chi connectivity index (χ3v) is 6.53. The molecular formula is C24H22N4O3S. The topological polar surface area (TPSA) is 78.3 Å². The van der Waals surface area contributed by atoms with Crippen molar-refractivity contribution in [3.63, 3.8) is 0 Å². The lowest BCUT2D eigenvalue weighted by Gasteiger charge is -2.26. The van der Waals surface area contributed by atoms with Crippen molar-refractivity contribution in [1.29, 1.82) is 0 Å². The highest BCUT2D eigenvalue weighted by Gasteiger charge is 2.35. The molecule has 0 radical (unpaired) electrons. The average Bonchev–Trinajstić information content (AvgIpc) is 3.37. The molecule has 0 bridgehead atoms. The molecule has 0 fully saturated rings. The van der Waals surface area contributed by atoms with Gasteiger partial charge in [0.2, 0.25) is 11.0 Å². The summed E-state index contributed by atoms with van der Waals surface area (Å²) in [4.78, 5) is 17.5. The first kappa shape index (κ1) is 20.3. The van der Waals surface area contributed by atoms with E-state index in [0.29, 0.717) is 29.1 Å². The quantitative estimate of drug-likeness (QED) is 0.429. The van der Waals surface area contributed by atoms with E-state index in [1.54, 1.807) is 17.9 Å². The summed E-state index contributed by atoms with van der Waals surface area (Å²) in [5, 5.41) is 8.50. The summed E-state index contributed by atoms with van der Waals surface area (Å²) < 4.78 is 14.3. The van der Waals surface area contributed by atoms with Crippen molar-refractivity contribution in [2.75, 3.05) is 19.0 Å². The highest BCUT2D eigenvalue weighted by atomic mass is 32.1. The molecule has 1 aliphatic rings. The van der Waals surface area contributed by atoms with Crippen molar-refractivity contribution in [3.05, 3.63) is 71.9 Å². The second-order valence-electron chi connectivity index (χ2n) is 7.51. The van der Waals surface area contributed by atoms with E-state index >= 15 is 0 Å². The third kappa shape index (κ3) is 3.33. The molecule has 0 spiro atoms. The molecule has 8 heteroatoms. The van der Waals surface area contributed by atoms with Gasteiger partial charge in [-0.1, -0.05) is 48.3 Å². The Morgan fingerprint density at radius 2 is 2.12 bits per heavy atom. The molecule has 2 aromatic heterocycles. The van der Waals surface area contributed by atoms with Crippen LogP contribution in [-0.2, 0) is 4.79 Å². The fourth-order valence-electron chi connectivity index (χ4n) is 4.17. The van der Waals surface area contributed by atoms with Gasteiger partial charge in [-0.2, -0.15) is 9.78 Å². The Labute approximate surface area is 189 Å². The number of carbonyl (C=O) groups is 1. The molecule has 3 heterocycles. The highest BCUT2D eigenvalue weighted by Crippen LogP contribution is 2.46. The zero-order valence-corrected chi connectivity index (χ0v) is 18.6. The predicted molar refractivity (Wildman–Crippen MR) is 125 cm³/mol. The van der Waals surface area contributed by atoms with Gasteiger partial charge in [0.1, 0.15) is 12.4 Å². The van der Waals surface area contributed by atoms with Gasteiger partial charge in [0.25, 0.3) is 0 Å². The molecule has 5 rings (SSSR count). The standard InChI is InChI=1S/C24H22N4O3S/c1-4-12-31-22-15(8-7-10-18(22)30-3)16-13-20(29)26-23-21(16)14(2)27-28(23)24-25-17-9-5-6-11-19(17)32-24/h4-11,16H,1,12-13H2,2-3H3,(H,26,29)/t16-/m0/s1. The van der Waals surface area contributed by atoms with Crippen molar-refractivity contribution in [3.8, 4) is 16.6 Å². The SMILES string of the molecule is C=CCOc1c(OC)cccc1[C@@H]1CC(=O)Nc2c1c(C)nn2-c1nc2ccccc2s1. The van der Waals surface area contributed by atoms with Crippen molar-refractivity contribution in [2.45, 2.75) is 19.3 Å². The van der Waals surface area contributed by atoms with Gasteiger partial charge >= 0.3 is 0 Å². The lowest BCUT2D eigenvalue weighted by Crippen LogP contribution is -2.25. The van der Waals surface area contributed by atoms with Crippen LogP contribution in [0.3, 0.4) is 0 Å². The van der Waals surface area contributed by atoms with Crippen molar-refractivity contribution < 1.29 is 14.3 Å². The first-order chi connectivity index (χ1) is 15.6. The minimum absolute atomic E-state index is 0.0812. The molecule has 162 valence electrons. The minimum atomic E-state index is -0.225. The van der Waals surface area contributed by atoms with Crippen LogP contribution in [-0.4, -0.2) is 34.4 Å². The van der Waals surface area contributed by atoms with E-state index in [-0.39, 0.29) is 18.2 Å². The summed E-state index contributed by atoms with van der Waals surface area (Å²) in [6, 6.07) is 13.7. The summed E-state index contributed by atoms with van der Waals surface area (Å²) in [5.41, 5.74) is 3.58. The fraction of sp³-hybridized carbons (Fsp3) is 0.208. The summed E-state index contributed by atoms with van der Waals surface area (Å²) in [6.45, 7) is 6.03. The Kier molecular flexibility index (Phi) is 5.14. The van der Waals surface area contributed by atoms with E-state index < -0.39 is 0 Å². The summed E-state index contributed by atoms with van der Waals surface area (Å²) in [7, 11) is 1.61. The fourth-order valence-corrected chi connectivity index (χ4v) is 5.09. The van der Waals surface area contributed by atoms with Crippen LogP contribution in [0.4, 0.5) is 5.82 Å². The number of nitrogens with one attached hydrogen (secondary N) is 1. The molecule has 0 aliphatic carbocycles. The van der Waals surface area contributed by atoms with Gasteiger partial charge in [0.15, 0.2) is 11.5 Å². The number of ether oxygens (including phenoxy) is 2. The average molecular weight is 447 g/mol. The van der Waals surface area contributed by atoms with Crippen LogP contribution >= 0.6 is 11.3 Å². The summed E-state index contributed by atoms with van der Waals surface area (Å²) in [5.74, 6) is 1.58. The van der Waals surface area contributed by atoms with Crippen LogP contribution in [0.15, 0.2) is 55.1 Å². The van der Waals surface area contributed by atoms with Gasteiger partial charge in [-0.15, -0.1) is 0 Å². The number of nitrogens with zero attached hydrogens (tertiary/aromatic N) is 3. The number of aryl methyl sites for hydroxylation is 1. The van der Waals surface area contributed by atoms with Crippen molar-refractivity contribution in [1.82, 2.24) is 14.8 Å². The molecule has 4 aromatic rings. The van der Waals surface area contributed by atoms with E-state index in [1.165, 1.54) is 11.3 Å². The number of hydrogen-bond donors (Lipinski definition) is 1. The second kappa shape index (κ2) is 8.12. The zero-order chi connectivity index (χ0) is 22.2. The lowest BCUT2D eigenvalue weighted by molar-refractivity contribution is -0.116. The number of fused-ring (bicyclic) bond motifs is 2. The van der Waals surface area contributed by atoms with Crippen LogP contribution in [0, 0.1) is 6.92 Å². The number of hydrogen-bond acceptors (Lipinski definition) is 6. The number of anilines is 1. The van der Waals surface area contributed by atoms with Gasteiger partial charge in [-0.05, 0) is 25.1 Å². The van der Waals surface area contributed by atoms with Crippen molar-refractivity contribution in [2.24, 2.45) is 0 Å². The van der Waals surface area contributed by atoms with E-state index in [0.717, 1.165) is 27.0 Å². The number of carbonyl (C=O) groups excluding carboxylic acids is 1. The minimum Gasteiger partial charge on any atom is -0.493 e. The molecule has 0 saturated carbocycles. The molecule has 1 atom stereocenters. The molecule has 2 aromatic carbocycles. The van der Waals surface area contributed by atoms with Gasteiger partial charge in [0, 0.05) is 23.5 Å². The molecule has 7 nitrogen and oxygen atoms in total. The smallest absolute Gasteiger partial charge is 0.226 e. The van der Waals surface area contributed by atoms with Crippen molar-refractivity contribution >= 4 is 33.3 Å². The molecule has 1 aliphatic heterocycles. The number of benzene rings is 2. The normalized spacial score (nSPS) is 15.3. The van der Waals surface area contributed by atoms with E-state index in [2.05, 4.69) is 11.9 Å². The number of thiazole rings is 1. The Morgan fingerprint density at radius 3 is 2.91 bits per heavy atom. The maximum atomic E-state index is 12.8. The number of methoxy groups -OCH3 is 1. The molecule has 32 heavy (non-hydrogen) atoms. The zero-order valence-electron chi connectivity index (χ0n) is 17.8. The molecule has 1 amide bonds. The Balaban J connectivity index is 1.67. The molecule has 0 saturated heterocycles. The maximum absolute atomic E-state index is 12.8.